The Kier molecular flexibility index (Phi) is 1.95. The third-order valence-electron chi connectivity index (χ3n) is 2.21. The van der Waals surface area contributed by atoms with Crippen LogP contribution in [0.5, 0.6) is 0 Å². The van der Waals surface area contributed by atoms with E-state index in [9.17, 15) is 10.1 Å². The van der Waals surface area contributed by atoms with Gasteiger partial charge >= 0.3 is 5.00 Å². The summed E-state index contributed by atoms with van der Waals surface area (Å²) in [6, 6.07) is 3.84. The highest BCUT2D eigenvalue weighted by Crippen LogP contribution is 2.36. The average Bonchev–Trinajstić information content (AvgIpc) is 2.61. The normalized spacial score (nSPS) is 25.6. The molecule has 1 aromatic heterocycles. The number of rotatable bonds is 3. The maximum absolute atomic E-state index is 10.4. The van der Waals surface area contributed by atoms with Crippen LogP contribution in [0.15, 0.2) is 12.1 Å². The Hall–Kier alpha value is -1.10. The molecule has 0 amide bonds. The number of hydrogen-bond donors (Lipinski definition) is 1. The number of anilines is 1. The van der Waals surface area contributed by atoms with E-state index < -0.39 is 0 Å². The van der Waals surface area contributed by atoms with Gasteiger partial charge in [-0.15, -0.1) is 0 Å². The van der Waals surface area contributed by atoms with Crippen molar-refractivity contribution in [3.8, 4) is 0 Å². The molecule has 1 heterocycles. The number of nitrogens with zero attached hydrogens (tertiary/aromatic N) is 1. The fraction of sp³-hybridized carbons (Fsp3) is 0.500. The van der Waals surface area contributed by atoms with Gasteiger partial charge in [0.2, 0.25) is 0 Å². The molecule has 5 heteroatoms. The predicted octanol–water partition coefficient (Wildman–Crippen LogP) is 2.48. The zero-order valence-electron chi connectivity index (χ0n) is 7.19. The molecule has 1 fully saturated rings. The summed E-state index contributed by atoms with van der Waals surface area (Å²) in [5.74, 6) is 0.709. The van der Waals surface area contributed by atoms with Crippen molar-refractivity contribution in [3.05, 3.63) is 22.2 Å². The minimum Gasteiger partial charge on any atom is -0.374 e. The summed E-state index contributed by atoms with van der Waals surface area (Å²) >= 11 is 1.20. The van der Waals surface area contributed by atoms with E-state index in [4.69, 9.17) is 0 Å². The Labute approximate surface area is 79.7 Å². The molecule has 0 bridgehead atoms. The van der Waals surface area contributed by atoms with E-state index in [0.29, 0.717) is 12.0 Å². The van der Waals surface area contributed by atoms with Gasteiger partial charge in [0.1, 0.15) is 0 Å². The van der Waals surface area contributed by atoms with Crippen LogP contribution in [0.4, 0.5) is 10.0 Å². The summed E-state index contributed by atoms with van der Waals surface area (Å²) in [6.45, 7) is 2.17. The summed E-state index contributed by atoms with van der Waals surface area (Å²) in [6.07, 6.45) is 1.17. The fourth-order valence-electron chi connectivity index (χ4n) is 1.21. The summed E-state index contributed by atoms with van der Waals surface area (Å²) < 4.78 is 0. The molecule has 0 aliphatic heterocycles. The van der Waals surface area contributed by atoms with E-state index in [1.54, 1.807) is 12.1 Å². The first-order valence-electron chi connectivity index (χ1n) is 4.17. The molecular weight excluding hydrogens is 188 g/mol. The molecule has 0 aromatic carbocycles. The maximum Gasteiger partial charge on any atom is 0.326 e. The van der Waals surface area contributed by atoms with Gasteiger partial charge in [-0.1, -0.05) is 6.92 Å². The van der Waals surface area contributed by atoms with Gasteiger partial charge in [-0.2, -0.15) is 0 Å². The average molecular weight is 198 g/mol. The zero-order chi connectivity index (χ0) is 9.42. The molecule has 4 nitrogen and oxygen atoms in total. The molecule has 1 N–H and O–H groups in total. The van der Waals surface area contributed by atoms with Gasteiger partial charge in [0.25, 0.3) is 0 Å². The van der Waals surface area contributed by atoms with Crippen LogP contribution in [0.25, 0.3) is 0 Å². The molecule has 0 unspecified atom stereocenters. The van der Waals surface area contributed by atoms with Gasteiger partial charge in [0, 0.05) is 12.1 Å². The van der Waals surface area contributed by atoms with Gasteiger partial charge in [0.15, 0.2) is 0 Å². The Balaban J connectivity index is 2.01. The van der Waals surface area contributed by atoms with E-state index in [1.807, 2.05) is 0 Å². The van der Waals surface area contributed by atoms with Gasteiger partial charge in [0.05, 0.1) is 9.92 Å². The van der Waals surface area contributed by atoms with Crippen molar-refractivity contribution in [2.75, 3.05) is 5.32 Å². The van der Waals surface area contributed by atoms with Crippen molar-refractivity contribution in [1.82, 2.24) is 0 Å². The molecule has 70 valence electrons. The Morgan fingerprint density at radius 1 is 1.69 bits per heavy atom. The molecule has 1 saturated carbocycles. The number of nitrogens with one attached hydrogen (secondary N) is 1. The molecular formula is C8H10N2O2S. The van der Waals surface area contributed by atoms with E-state index in [-0.39, 0.29) is 9.92 Å². The Bertz CT molecular complexity index is 337. The first-order chi connectivity index (χ1) is 6.16. The van der Waals surface area contributed by atoms with Crippen LogP contribution in [-0.2, 0) is 0 Å². The fourth-order valence-corrected chi connectivity index (χ4v) is 1.99. The van der Waals surface area contributed by atoms with Crippen LogP contribution < -0.4 is 5.32 Å². The van der Waals surface area contributed by atoms with Crippen LogP contribution in [0, 0.1) is 16.0 Å². The van der Waals surface area contributed by atoms with E-state index in [0.717, 1.165) is 5.00 Å². The summed E-state index contributed by atoms with van der Waals surface area (Å²) in [5, 5.41) is 14.7. The van der Waals surface area contributed by atoms with E-state index >= 15 is 0 Å². The van der Waals surface area contributed by atoms with Crippen LogP contribution in [-0.4, -0.2) is 11.0 Å². The smallest absolute Gasteiger partial charge is 0.326 e. The third-order valence-corrected chi connectivity index (χ3v) is 3.18. The van der Waals surface area contributed by atoms with Gasteiger partial charge in [-0.3, -0.25) is 10.1 Å². The molecule has 0 saturated heterocycles. The highest BCUT2D eigenvalue weighted by Gasteiger charge is 2.32. The quantitative estimate of drug-likeness (QED) is 0.599. The number of thiophene rings is 1. The lowest BCUT2D eigenvalue weighted by atomic mass is 10.5. The van der Waals surface area contributed by atoms with Crippen LogP contribution >= 0.6 is 11.3 Å². The monoisotopic (exact) mass is 198 g/mol. The second-order valence-corrected chi connectivity index (χ2v) is 4.42. The highest BCUT2D eigenvalue weighted by atomic mass is 32.1. The first-order valence-corrected chi connectivity index (χ1v) is 4.99. The zero-order valence-corrected chi connectivity index (χ0v) is 8.00. The van der Waals surface area contributed by atoms with Crippen molar-refractivity contribution in [3.63, 3.8) is 0 Å². The molecule has 1 aliphatic rings. The topological polar surface area (TPSA) is 55.2 Å². The van der Waals surface area contributed by atoms with Crippen molar-refractivity contribution in [1.29, 1.82) is 0 Å². The molecule has 2 atom stereocenters. The van der Waals surface area contributed by atoms with Crippen molar-refractivity contribution < 1.29 is 4.92 Å². The highest BCUT2D eigenvalue weighted by molar-refractivity contribution is 7.19. The van der Waals surface area contributed by atoms with Crippen molar-refractivity contribution in [2.45, 2.75) is 19.4 Å². The van der Waals surface area contributed by atoms with Gasteiger partial charge < -0.3 is 5.32 Å². The van der Waals surface area contributed by atoms with E-state index in [1.165, 1.54) is 17.8 Å². The van der Waals surface area contributed by atoms with Crippen LogP contribution in [0.1, 0.15) is 13.3 Å². The summed E-state index contributed by atoms with van der Waals surface area (Å²) in [5.41, 5.74) is 0. The lowest BCUT2D eigenvalue weighted by molar-refractivity contribution is -0.380. The molecule has 1 aliphatic carbocycles. The first kappa shape index (κ1) is 8.50. The van der Waals surface area contributed by atoms with Crippen LogP contribution in [0.2, 0.25) is 0 Å². The SMILES string of the molecule is C[C@@H]1C[C@H]1Nc1ccc([N+](=O)[O-])s1. The van der Waals surface area contributed by atoms with E-state index in [2.05, 4.69) is 12.2 Å². The largest absolute Gasteiger partial charge is 0.374 e. The molecule has 1 aromatic rings. The molecule has 13 heavy (non-hydrogen) atoms. The van der Waals surface area contributed by atoms with Gasteiger partial charge in [-0.25, -0.2) is 0 Å². The molecule has 2 rings (SSSR count). The maximum atomic E-state index is 10.4. The Morgan fingerprint density at radius 3 is 2.85 bits per heavy atom. The standard InChI is InChI=1S/C8H10N2O2S/c1-5-4-6(5)9-7-2-3-8(13-7)10(11)12/h2-3,5-6,9H,4H2,1H3/t5-,6-/m1/s1. The Morgan fingerprint density at radius 2 is 2.38 bits per heavy atom. The minimum atomic E-state index is -0.355. The lowest BCUT2D eigenvalue weighted by Gasteiger charge is -1.97. The van der Waals surface area contributed by atoms with Crippen molar-refractivity contribution in [2.24, 2.45) is 5.92 Å². The van der Waals surface area contributed by atoms with Crippen molar-refractivity contribution >= 4 is 21.3 Å². The predicted molar refractivity (Wildman–Crippen MR) is 52.2 cm³/mol. The summed E-state index contributed by atoms with van der Waals surface area (Å²) in [7, 11) is 0. The molecule has 0 spiro atoms. The van der Waals surface area contributed by atoms with Gasteiger partial charge in [-0.05, 0) is 29.7 Å². The van der Waals surface area contributed by atoms with Crippen LogP contribution in [0.3, 0.4) is 0 Å². The summed E-state index contributed by atoms with van der Waals surface area (Å²) in [4.78, 5) is 10.0. The molecule has 0 radical (unpaired) electrons. The number of nitro groups is 1. The lowest BCUT2D eigenvalue weighted by Crippen LogP contribution is -2.00. The minimum absolute atomic E-state index is 0.204. The third kappa shape index (κ3) is 1.80. The second-order valence-electron chi connectivity index (χ2n) is 3.36. The number of hydrogen-bond acceptors (Lipinski definition) is 4. The second kappa shape index (κ2) is 2.99.